The van der Waals surface area contributed by atoms with Crippen LogP contribution in [0.5, 0.6) is 0 Å². The fraction of sp³-hybridized carbons (Fsp3) is 1.00. The van der Waals surface area contributed by atoms with Crippen LogP contribution in [0.15, 0.2) is 0 Å². The van der Waals surface area contributed by atoms with E-state index < -0.39 is 0 Å². The van der Waals surface area contributed by atoms with Crippen LogP contribution in [-0.4, -0.2) is 55.0 Å². The third-order valence-electron chi connectivity index (χ3n) is 4.19. The number of hydrogen-bond acceptors (Lipinski definition) is 4. The zero-order chi connectivity index (χ0) is 12.1. The molecule has 0 radical (unpaired) electrons. The fourth-order valence-corrected chi connectivity index (χ4v) is 3.10. The van der Waals surface area contributed by atoms with Crippen LogP contribution in [0.25, 0.3) is 0 Å². The summed E-state index contributed by atoms with van der Waals surface area (Å²) in [6.07, 6.45) is 6.38. The van der Waals surface area contributed by atoms with Crippen molar-refractivity contribution < 1.29 is 9.84 Å². The normalized spacial score (nSPS) is 32.1. The molecular weight excluding hydrogens is 216 g/mol. The molecule has 0 bridgehead atoms. The summed E-state index contributed by atoms with van der Waals surface area (Å²) in [6.45, 7) is 4.04. The van der Waals surface area contributed by atoms with E-state index in [4.69, 9.17) is 15.6 Å². The second kappa shape index (κ2) is 6.69. The number of nitrogens with zero attached hydrogens (tertiary/aromatic N) is 1. The largest absolute Gasteiger partial charge is 0.394 e. The van der Waals surface area contributed by atoms with Crippen LogP contribution in [0.2, 0.25) is 0 Å². The van der Waals surface area contributed by atoms with Crippen molar-refractivity contribution in [1.82, 2.24) is 4.90 Å². The predicted octanol–water partition coefficient (Wildman–Crippen LogP) is 0.587. The summed E-state index contributed by atoms with van der Waals surface area (Å²) >= 11 is 0. The maximum absolute atomic E-state index is 8.72. The van der Waals surface area contributed by atoms with Crippen LogP contribution >= 0.6 is 0 Å². The lowest BCUT2D eigenvalue weighted by atomic mass is 10.0. The number of piperidine rings is 1. The Hall–Kier alpha value is -0.160. The van der Waals surface area contributed by atoms with Gasteiger partial charge in [0.2, 0.25) is 0 Å². The van der Waals surface area contributed by atoms with Crippen molar-refractivity contribution in [2.75, 3.05) is 32.8 Å². The summed E-state index contributed by atoms with van der Waals surface area (Å²) in [7, 11) is 0. The number of rotatable bonds is 5. The van der Waals surface area contributed by atoms with Gasteiger partial charge in [0, 0.05) is 25.7 Å². The monoisotopic (exact) mass is 242 g/mol. The van der Waals surface area contributed by atoms with Gasteiger partial charge in [-0.25, -0.2) is 0 Å². The molecule has 2 atom stereocenters. The van der Waals surface area contributed by atoms with Crippen molar-refractivity contribution in [3.8, 4) is 0 Å². The number of hydrogen-bond donors (Lipinski definition) is 2. The van der Waals surface area contributed by atoms with E-state index in [0.29, 0.717) is 24.7 Å². The molecule has 2 unspecified atom stereocenters. The molecule has 17 heavy (non-hydrogen) atoms. The first-order valence-electron chi connectivity index (χ1n) is 7.00. The summed E-state index contributed by atoms with van der Waals surface area (Å²) in [6, 6.07) is 0.429. The Labute approximate surface area is 104 Å². The number of ether oxygens (including phenoxy) is 1. The molecule has 1 saturated heterocycles. The van der Waals surface area contributed by atoms with E-state index in [1.54, 1.807) is 0 Å². The number of nitrogens with two attached hydrogens (primary N) is 1. The van der Waals surface area contributed by atoms with Gasteiger partial charge in [0.05, 0.1) is 19.3 Å². The third-order valence-corrected chi connectivity index (χ3v) is 4.19. The zero-order valence-electron chi connectivity index (χ0n) is 10.7. The van der Waals surface area contributed by atoms with Gasteiger partial charge in [0.25, 0.3) is 0 Å². The smallest absolute Gasteiger partial charge is 0.0701 e. The molecule has 100 valence electrons. The first kappa shape index (κ1) is 13.3. The number of likely N-dealkylation sites (tertiary alicyclic amines) is 1. The molecule has 0 amide bonds. The fourth-order valence-electron chi connectivity index (χ4n) is 3.10. The summed E-state index contributed by atoms with van der Waals surface area (Å²) in [5, 5.41) is 8.72. The second-order valence-corrected chi connectivity index (χ2v) is 5.45. The molecule has 4 nitrogen and oxygen atoms in total. The van der Waals surface area contributed by atoms with E-state index in [1.807, 2.05) is 0 Å². The topological polar surface area (TPSA) is 58.7 Å². The predicted molar refractivity (Wildman–Crippen MR) is 67.8 cm³/mol. The van der Waals surface area contributed by atoms with Gasteiger partial charge in [-0.15, -0.1) is 0 Å². The Morgan fingerprint density at radius 2 is 1.94 bits per heavy atom. The Bertz CT molecular complexity index is 217. The van der Waals surface area contributed by atoms with Crippen LogP contribution in [0.4, 0.5) is 0 Å². The summed E-state index contributed by atoms with van der Waals surface area (Å²) in [5.41, 5.74) is 6.11. The van der Waals surface area contributed by atoms with Crippen molar-refractivity contribution in [2.45, 2.75) is 44.2 Å². The van der Waals surface area contributed by atoms with Crippen molar-refractivity contribution in [3.63, 3.8) is 0 Å². The molecule has 0 spiro atoms. The van der Waals surface area contributed by atoms with E-state index in [2.05, 4.69) is 4.90 Å². The highest BCUT2D eigenvalue weighted by atomic mass is 16.5. The lowest BCUT2D eigenvalue weighted by Gasteiger charge is -2.34. The summed E-state index contributed by atoms with van der Waals surface area (Å²) in [5.74, 6) is 0.713. The van der Waals surface area contributed by atoms with Crippen molar-refractivity contribution in [2.24, 2.45) is 11.7 Å². The highest BCUT2D eigenvalue weighted by Crippen LogP contribution is 2.26. The van der Waals surface area contributed by atoms with Crippen LogP contribution in [-0.2, 0) is 4.74 Å². The third kappa shape index (κ3) is 3.91. The SMILES string of the molecule is NC1CCCC1CN1CCC(OCCO)CC1. The van der Waals surface area contributed by atoms with Gasteiger partial charge in [0.1, 0.15) is 0 Å². The first-order valence-corrected chi connectivity index (χ1v) is 7.00. The molecule has 1 saturated carbocycles. The van der Waals surface area contributed by atoms with Gasteiger partial charge in [-0.2, -0.15) is 0 Å². The lowest BCUT2D eigenvalue weighted by Crippen LogP contribution is -2.42. The molecule has 2 aliphatic rings. The standard InChI is InChI=1S/C13H26N2O2/c14-13-3-1-2-11(13)10-15-6-4-12(5-7-15)17-9-8-16/h11-13,16H,1-10,14H2. The van der Waals surface area contributed by atoms with Gasteiger partial charge in [-0.05, 0) is 31.6 Å². The lowest BCUT2D eigenvalue weighted by molar-refractivity contribution is -0.0101. The Kier molecular flexibility index (Phi) is 5.22. The molecular formula is C13H26N2O2. The van der Waals surface area contributed by atoms with Crippen LogP contribution in [0.3, 0.4) is 0 Å². The molecule has 4 heteroatoms. The minimum Gasteiger partial charge on any atom is -0.394 e. The van der Waals surface area contributed by atoms with E-state index in [0.717, 1.165) is 25.9 Å². The minimum atomic E-state index is 0.136. The zero-order valence-corrected chi connectivity index (χ0v) is 10.7. The van der Waals surface area contributed by atoms with Gasteiger partial charge in [-0.3, -0.25) is 0 Å². The summed E-state index contributed by atoms with van der Waals surface area (Å²) in [4.78, 5) is 2.54. The van der Waals surface area contributed by atoms with Crippen molar-refractivity contribution in [3.05, 3.63) is 0 Å². The van der Waals surface area contributed by atoms with Crippen molar-refractivity contribution >= 4 is 0 Å². The Morgan fingerprint density at radius 1 is 1.18 bits per heavy atom. The Morgan fingerprint density at radius 3 is 2.53 bits per heavy atom. The summed E-state index contributed by atoms with van der Waals surface area (Å²) < 4.78 is 5.57. The van der Waals surface area contributed by atoms with Gasteiger partial charge < -0.3 is 20.5 Å². The molecule has 3 N–H and O–H groups in total. The molecule has 2 fully saturated rings. The van der Waals surface area contributed by atoms with E-state index >= 15 is 0 Å². The van der Waals surface area contributed by atoms with E-state index in [-0.39, 0.29) is 6.61 Å². The number of aliphatic hydroxyl groups excluding tert-OH is 1. The molecule has 1 aliphatic carbocycles. The van der Waals surface area contributed by atoms with Crippen LogP contribution in [0, 0.1) is 5.92 Å². The minimum absolute atomic E-state index is 0.136. The van der Waals surface area contributed by atoms with Crippen LogP contribution in [0.1, 0.15) is 32.1 Å². The quantitative estimate of drug-likeness (QED) is 0.741. The highest BCUT2D eigenvalue weighted by molar-refractivity contribution is 4.84. The average Bonchev–Trinajstić information content (AvgIpc) is 2.74. The van der Waals surface area contributed by atoms with Gasteiger partial charge in [0.15, 0.2) is 0 Å². The van der Waals surface area contributed by atoms with Crippen molar-refractivity contribution in [1.29, 1.82) is 0 Å². The molecule has 0 aromatic rings. The molecule has 1 aliphatic heterocycles. The molecule has 0 aromatic carbocycles. The maximum atomic E-state index is 8.72. The molecule has 1 heterocycles. The van der Waals surface area contributed by atoms with Gasteiger partial charge >= 0.3 is 0 Å². The van der Waals surface area contributed by atoms with E-state index in [9.17, 15) is 0 Å². The Balaban J connectivity index is 1.65. The second-order valence-electron chi connectivity index (χ2n) is 5.45. The average molecular weight is 242 g/mol. The molecule has 2 rings (SSSR count). The van der Waals surface area contributed by atoms with Gasteiger partial charge in [-0.1, -0.05) is 6.42 Å². The molecule has 0 aromatic heterocycles. The highest BCUT2D eigenvalue weighted by Gasteiger charge is 2.27. The first-order chi connectivity index (χ1) is 8.29. The maximum Gasteiger partial charge on any atom is 0.0701 e. The van der Waals surface area contributed by atoms with Crippen LogP contribution < -0.4 is 5.73 Å². The number of aliphatic hydroxyl groups is 1. The van der Waals surface area contributed by atoms with E-state index in [1.165, 1.54) is 25.8 Å².